The Labute approximate surface area is 75.9 Å². The van der Waals surface area contributed by atoms with Gasteiger partial charge in [-0.3, -0.25) is 0 Å². The van der Waals surface area contributed by atoms with Crippen LogP contribution in [0.15, 0.2) is 15.4 Å². The quantitative estimate of drug-likeness (QED) is 0.665. The Kier molecular flexibility index (Phi) is 2.07. The van der Waals surface area contributed by atoms with Crippen molar-refractivity contribution in [3.05, 3.63) is 0 Å². The topological polar surface area (TPSA) is 89.4 Å². The molecule has 0 aromatic heterocycles. The lowest BCUT2D eigenvalue weighted by Crippen LogP contribution is -2.46. The molecule has 0 aromatic rings. The summed E-state index contributed by atoms with van der Waals surface area (Å²) in [5.41, 5.74) is 3.35. The van der Waals surface area contributed by atoms with Crippen LogP contribution >= 0.6 is 0 Å². The number of ether oxygens (including phenoxy) is 1. The molecule has 0 saturated heterocycles. The van der Waals surface area contributed by atoms with E-state index in [1.807, 2.05) is 20.8 Å². The molecule has 1 atom stereocenters. The summed E-state index contributed by atoms with van der Waals surface area (Å²) in [6.45, 7) is 5.56. The van der Waals surface area contributed by atoms with Crippen LogP contribution in [-0.4, -0.2) is 18.0 Å². The van der Waals surface area contributed by atoms with Gasteiger partial charge in [0.15, 0.2) is 0 Å². The molecular weight excluding hydrogens is 172 g/mol. The zero-order valence-electron chi connectivity index (χ0n) is 7.81. The third-order valence-electron chi connectivity index (χ3n) is 1.81. The summed E-state index contributed by atoms with van der Waals surface area (Å²) in [5, 5.41) is 10.7. The van der Waals surface area contributed by atoms with Gasteiger partial charge in [0.05, 0.1) is 6.21 Å². The standard InChI is InChI=1S/C7H12N4O2/c1-6(2,3)7(13-5(8)12)4-9-11-10-7/h4H,1-3H3,(H2,8,12). The maximum Gasteiger partial charge on any atom is 0.407 e. The van der Waals surface area contributed by atoms with Gasteiger partial charge in [0.1, 0.15) is 0 Å². The fourth-order valence-electron chi connectivity index (χ4n) is 0.919. The Balaban J connectivity index is 2.96. The van der Waals surface area contributed by atoms with E-state index in [1.165, 1.54) is 6.21 Å². The van der Waals surface area contributed by atoms with Crippen LogP contribution in [0.4, 0.5) is 4.79 Å². The fourth-order valence-corrected chi connectivity index (χ4v) is 0.919. The van der Waals surface area contributed by atoms with Gasteiger partial charge in [0.25, 0.3) is 5.72 Å². The highest BCUT2D eigenvalue weighted by Gasteiger charge is 2.47. The first-order valence-electron chi connectivity index (χ1n) is 3.82. The Morgan fingerprint density at radius 2 is 2.15 bits per heavy atom. The molecular formula is C7H12N4O2. The molecule has 0 aromatic carbocycles. The maximum atomic E-state index is 10.6. The number of hydrogen-bond donors (Lipinski definition) is 1. The van der Waals surface area contributed by atoms with E-state index in [0.717, 1.165) is 0 Å². The van der Waals surface area contributed by atoms with E-state index in [1.54, 1.807) is 0 Å². The van der Waals surface area contributed by atoms with E-state index in [4.69, 9.17) is 10.5 Å². The van der Waals surface area contributed by atoms with E-state index in [9.17, 15) is 4.79 Å². The van der Waals surface area contributed by atoms with Crippen molar-refractivity contribution in [3.8, 4) is 0 Å². The SMILES string of the molecule is CC(C)(C)C1(OC(N)=O)C=NN=N1. The van der Waals surface area contributed by atoms with Crippen molar-refractivity contribution in [1.82, 2.24) is 0 Å². The largest absolute Gasteiger partial charge is 0.413 e. The summed E-state index contributed by atoms with van der Waals surface area (Å²) in [6, 6.07) is 0. The van der Waals surface area contributed by atoms with Gasteiger partial charge in [-0.15, -0.1) is 10.2 Å². The Hall–Kier alpha value is -1.46. The second-order valence-electron chi connectivity index (χ2n) is 3.80. The predicted molar refractivity (Wildman–Crippen MR) is 46.2 cm³/mol. The van der Waals surface area contributed by atoms with E-state index < -0.39 is 17.2 Å². The van der Waals surface area contributed by atoms with Crippen LogP contribution in [0.2, 0.25) is 0 Å². The third-order valence-corrected chi connectivity index (χ3v) is 1.81. The second kappa shape index (κ2) is 2.79. The summed E-state index contributed by atoms with van der Waals surface area (Å²) in [6.07, 6.45) is 0.486. The van der Waals surface area contributed by atoms with Crippen LogP contribution in [0, 0.1) is 5.41 Å². The molecule has 0 spiro atoms. The molecule has 2 N–H and O–H groups in total. The van der Waals surface area contributed by atoms with Crippen LogP contribution in [0.5, 0.6) is 0 Å². The smallest absolute Gasteiger partial charge is 0.407 e. The van der Waals surface area contributed by atoms with Gasteiger partial charge < -0.3 is 10.5 Å². The first-order chi connectivity index (χ1) is 5.87. The Morgan fingerprint density at radius 1 is 1.54 bits per heavy atom. The molecule has 13 heavy (non-hydrogen) atoms. The molecule has 72 valence electrons. The van der Waals surface area contributed by atoms with Crippen molar-refractivity contribution in [2.45, 2.75) is 26.5 Å². The lowest BCUT2D eigenvalue weighted by Gasteiger charge is -2.33. The number of primary amides is 1. The number of nitrogens with two attached hydrogens (primary N) is 1. The number of carbonyl (C=O) groups is 1. The lowest BCUT2D eigenvalue weighted by molar-refractivity contribution is -0.00116. The summed E-state index contributed by atoms with van der Waals surface area (Å²) < 4.78 is 4.89. The van der Waals surface area contributed by atoms with Gasteiger partial charge in [-0.05, 0) is 5.22 Å². The zero-order chi connectivity index (χ0) is 10.1. The molecule has 0 radical (unpaired) electrons. The molecule has 0 saturated carbocycles. The molecule has 1 amide bonds. The first-order valence-corrected chi connectivity index (χ1v) is 3.82. The number of rotatable bonds is 1. The van der Waals surface area contributed by atoms with Crippen LogP contribution in [0.1, 0.15) is 20.8 Å². The molecule has 0 bridgehead atoms. The number of nitrogens with zero attached hydrogens (tertiary/aromatic N) is 3. The summed E-state index contributed by atoms with van der Waals surface area (Å²) in [4.78, 5) is 10.6. The minimum absolute atomic E-state index is 0.425. The summed E-state index contributed by atoms with van der Waals surface area (Å²) in [5.74, 6) is 0. The average molecular weight is 184 g/mol. The Morgan fingerprint density at radius 3 is 2.46 bits per heavy atom. The highest BCUT2D eigenvalue weighted by Crippen LogP contribution is 2.36. The molecule has 6 heteroatoms. The van der Waals surface area contributed by atoms with Crippen LogP contribution < -0.4 is 5.73 Å². The minimum Gasteiger partial charge on any atom is -0.413 e. The molecule has 1 aliphatic heterocycles. The van der Waals surface area contributed by atoms with Crippen LogP contribution in [-0.2, 0) is 4.74 Å². The van der Waals surface area contributed by atoms with Crippen molar-refractivity contribution < 1.29 is 9.53 Å². The molecule has 0 aliphatic carbocycles. The molecule has 1 heterocycles. The summed E-state index contributed by atoms with van der Waals surface area (Å²) >= 11 is 0. The van der Waals surface area contributed by atoms with Crippen LogP contribution in [0.25, 0.3) is 0 Å². The van der Waals surface area contributed by atoms with Crippen molar-refractivity contribution >= 4 is 12.3 Å². The maximum absolute atomic E-state index is 10.6. The van der Waals surface area contributed by atoms with Crippen molar-refractivity contribution in [2.24, 2.45) is 26.6 Å². The Bertz CT molecular complexity index is 265. The van der Waals surface area contributed by atoms with Gasteiger partial charge in [0.2, 0.25) is 0 Å². The lowest BCUT2D eigenvalue weighted by atomic mass is 9.84. The molecule has 1 aliphatic rings. The summed E-state index contributed by atoms with van der Waals surface area (Å²) in [7, 11) is 0. The van der Waals surface area contributed by atoms with Crippen molar-refractivity contribution in [3.63, 3.8) is 0 Å². The molecule has 1 unspecified atom stereocenters. The fraction of sp³-hybridized carbons (Fsp3) is 0.714. The highest BCUT2D eigenvalue weighted by molar-refractivity contribution is 5.76. The highest BCUT2D eigenvalue weighted by atomic mass is 16.6. The van der Waals surface area contributed by atoms with Crippen molar-refractivity contribution in [1.29, 1.82) is 0 Å². The normalized spacial score (nSPS) is 26.4. The van der Waals surface area contributed by atoms with Gasteiger partial charge in [-0.1, -0.05) is 20.8 Å². The van der Waals surface area contributed by atoms with Crippen molar-refractivity contribution in [2.75, 3.05) is 0 Å². The van der Waals surface area contributed by atoms with Gasteiger partial charge >= 0.3 is 6.09 Å². The number of amides is 1. The van der Waals surface area contributed by atoms with Gasteiger partial charge in [-0.2, -0.15) is 0 Å². The zero-order valence-corrected chi connectivity index (χ0v) is 7.81. The molecule has 6 nitrogen and oxygen atoms in total. The molecule has 1 rings (SSSR count). The van der Waals surface area contributed by atoms with Crippen LogP contribution in [0.3, 0.4) is 0 Å². The predicted octanol–water partition coefficient (Wildman–Crippen LogP) is 1.28. The number of carbonyl (C=O) groups excluding carboxylic acids is 1. The van der Waals surface area contributed by atoms with Gasteiger partial charge in [-0.25, -0.2) is 4.79 Å². The average Bonchev–Trinajstić information content (AvgIpc) is 2.33. The third kappa shape index (κ3) is 1.66. The monoisotopic (exact) mass is 184 g/mol. The van der Waals surface area contributed by atoms with E-state index in [0.29, 0.717) is 0 Å². The number of hydrogen-bond acceptors (Lipinski definition) is 5. The van der Waals surface area contributed by atoms with E-state index in [2.05, 4.69) is 15.4 Å². The first kappa shape index (κ1) is 9.63. The van der Waals surface area contributed by atoms with Gasteiger partial charge in [0, 0.05) is 5.41 Å². The van der Waals surface area contributed by atoms with E-state index in [-0.39, 0.29) is 0 Å². The molecule has 0 fully saturated rings. The van der Waals surface area contributed by atoms with E-state index >= 15 is 0 Å². The second-order valence-corrected chi connectivity index (χ2v) is 3.80. The minimum atomic E-state index is -1.15.